The second kappa shape index (κ2) is 9.69. The summed E-state index contributed by atoms with van der Waals surface area (Å²) in [5.41, 5.74) is 0.443. The lowest BCUT2D eigenvalue weighted by molar-refractivity contribution is -0.128. The van der Waals surface area contributed by atoms with Crippen molar-refractivity contribution in [3.05, 3.63) is 87.2 Å². The van der Waals surface area contributed by atoms with Crippen LogP contribution in [0.1, 0.15) is 40.2 Å². The SMILES string of the molecule is COc1cc(C(=O)O)ccc1N1C[C@H]2[C@@H](C1=O)[C@H](c1cccc(Cl)c1F)[C@]1(C(=O)Nc3cc(Cl)ccc31)N2CC1CC1. The second-order valence-corrected chi connectivity index (χ2v) is 12.2. The lowest BCUT2D eigenvalue weighted by Gasteiger charge is -2.41. The second-order valence-electron chi connectivity index (χ2n) is 11.4. The third kappa shape index (κ3) is 3.80. The molecule has 2 amide bonds. The van der Waals surface area contributed by atoms with E-state index < -0.39 is 35.2 Å². The number of carboxylic acid groups (broad SMARTS) is 1. The van der Waals surface area contributed by atoms with Crippen molar-refractivity contribution >= 4 is 52.4 Å². The quantitative estimate of drug-likeness (QED) is 0.381. The zero-order chi connectivity index (χ0) is 29.5. The molecule has 3 heterocycles. The molecule has 8 nitrogen and oxygen atoms in total. The number of nitrogens with one attached hydrogen (secondary N) is 1. The summed E-state index contributed by atoms with van der Waals surface area (Å²) in [6.45, 7) is 0.751. The van der Waals surface area contributed by atoms with E-state index in [1.54, 1.807) is 41.3 Å². The van der Waals surface area contributed by atoms with Crippen LogP contribution in [-0.2, 0) is 15.1 Å². The van der Waals surface area contributed by atoms with Gasteiger partial charge < -0.3 is 20.1 Å². The summed E-state index contributed by atoms with van der Waals surface area (Å²) in [6.07, 6.45) is 1.99. The lowest BCUT2D eigenvalue weighted by Crippen LogP contribution is -2.54. The number of amides is 2. The number of halogens is 3. The number of likely N-dealkylation sites (tertiary alicyclic amines) is 1. The van der Waals surface area contributed by atoms with Gasteiger partial charge >= 0.3 is 5.97 Å². The van der Waals surface area contributed by atoms with Gasteiger partial charge in [-0.05, 0) is 60.7 Å². The number of hydrogen-bond acceptors (Lipinski definition) is 5. The molecule has 3 fully saturated rings. The molecular weight excluding hydrogens is 584 g/mol. The van der Waals surface area contributed by atoms with Crippen molar-refractivity contribution in [2.75, 3.05) is 30.4 Å². The third-order valence-corrected chi connectivity index (χ3v) is 9.70. The van der Waals surface area contributed by atoms with Gasteiger partial charge in [0.15, 0.2) is 0 Å². The first kappa shape index (κ1) is 27.2. The van der Waals surface area contributed by atoms with Gasteiger partial charge in [0, 0.05) is 41.3 Å². The Morgan fingerprint density at radius 1 is 1.14 bits per heavy atom. The normalized spacial score (nSPS) is 26.5. The molecule has 0 bridgehead atoms. The Hall–Kier alpha value is -3.66. The number of methoxy groups -OCH3 is 1. The van der Waals surface area contributed by atoms with Crippen LogP contribution in [0.3, 0.4) is 0 Å². The molecule has 42 heavy (non-hydrogen) atoms. The molecule has 1 aliphatic carbocycles. The molecule has 2 saturated heterocycles. The summed E-state index contributed by atoms with van der Waals surface area (Å²) in [5.74, 6) is -3.58. The Balaban J connectivity index is 1.44. The monoisotopic (exact) mass is 609 g/mol. The number of fused-ring (bicyclic) bond motifs is 3. The van der Waals surface area contributed by atoms with E-state index in [1.807, 2.05) is 0 Å². The summed E-state index contributed by atoms with van der Waals surface area (Å²) in [5, 5.41) is 12.8. The van der Waals surface area contributed by atoms with Gasteiger partial charge in [-0.15, -0.1) is 0 Å². The van der Waals surface area contributed by atoms with Gasteiger partial charge in [-0.3, -0.25) is 14.5 Å². The lowest BCUT2D eigenvalue weighted by atomic mass is 9.71. The van der Waals surface area contributed by atoms with E-state index in [0.717, 1.165) is 12.8 Å². The van der Waals surface area contributed by atoms with Crippen molar-refractivity contribution in [3.8, 4) is 5.75 Å². The van der Waals surface area contributed by atoms with Crippen molar-refractivity contribution in [2.45, 2.75) is 30.3 Å². The first-order chi connectivity index (χ1) is 20.2. The average Bonchev–Trinajstić information content (AvgIpc) is 3.59. The highest BCUT2D eigenvalue weighted by Gasteiger charge is 2.71. The van der Waals surface area contributed by atoms with Gasteiger partial charge in [-0.25, -0.2) is 9.18 Å². The number of carbonyl (C=O) groups excluding carboxylic acids is 2. The molecule has 2 N–H and O–H groups in total. The van der Waals surface area contributed by atoms with Gasteiger partial charge in [-0.2, -0.15) is 0 Å². The van der Waals surface area contributed by atoms with Crippen molar-refractivity contribution in [2.24, 2.45) is 11.8 Å². The maximum absolute atomic E-state index is 16.0. The fraction of sp³-hybridized carbons (Fsp3) is 0.323. The van der Waals surface area contributed by atoms with Gasteiger partial charge in [0.25, 0.3) is 0 Å². The van der Waals surface area contributed by atoms with E-state index >= 15 is 4.39 Å². The fourth-order valence-electron chi connectivity index (χ4n) is 7.27. The topological polar surface area (TPSA) is 99.2 Å². The summed E-state index contributed by atoms with van der Waals surface area (Å²) in [4.78, 5) is 44.1. The highest BCUT2D eigenvalue weighted by molar-refractivity contribution is 6.31. The van der Waals surface area contributed by atoms with Crippen LogP contribution in [-0.4, -0.2) is 54.0 Å². The van der Waals surface area contributed by atoms with E-state index in [4.69, 9.17) is 27.9 Å². The smallest absolute Gasteiger partial charge is 0.335 e. The Morgan fingerprint density at radius 3 is 2.64 bits per heavy atom. The minimum absolute atomic E-state index is 0.0218. The first-order valence-electron chi connectivity index (χ1n) is 13.7. The third-order valence-electron chi connectivity index (χ3n) is 9.17. The zero-order valence-corrected chi connectivity index (χ0v) is 24.0. The predicted molar refractivity (Wildman–Crippen MR) is 155 cm³/mol. The van der Waals surface area contributed by atoms with Crippen LogP contribution in [0.25, 0.3) is 0 Å². The summed E-state index contributed by atoms with van der Waals surface area (Å²) in [6, 6.07) is 13.8. The molecule has 216 valence electrons. The number of benzene rings is 3. The van der Waals surface area contributed by atoms with Crippen LogP contribution in [0.15, 0.2) is 54.6 Å². The number of nitrogens with zero attached hydrogens (tertiary/aromatic N) is 2. The molecule has 1 saturated carbocycles. The molecule has 3 aromatic rings. The Bertz CT molecular complexity index is 1680. The Morgan fingerprint density at radius 2 is 1.93 bits per heavy atom. The minimum Gasteiger partial charge on any atom is -0.495 e. The predicted octanol–water partition coefficient (Wildman–Crippen LogP) is 5.53. The number of carbonyl (C=O) groups is 3. The van der Waals surface area contributed by atoms with E-state index in [9.17, 15) is 19.5 Å². The number of aromatic carboxylic acids is 1. The van der Waals surface area contributed by atoms with Crippen molar-refractivity contribution in [1.82, 2.24) is 4.90 Å². The number of ether oxygens (including phenoxy) is 1. The molecule has 0 aromatic heterocycles. The molecule has 11 heteroatoms. The molecule has 3 aliphatic heterocycles. The van der Waals surface area contributed by atoms with Crippen molar-refractivity contribution < 1.29 is 28.6 Å². The number of anilines is 2. The van der Waals surface area contributed by atoms with Gasteiger partial charge in [0.2, 0.25) is 11.8 Å². The maximum Gasteiger partial charge on any atom is 0.335 e. The van der Waals surface area contributed by atoms with Crippen molar-refractivity contribution in [3.63, 3.8) is 0 Å². The minimum atomic E-state index is -1.37. The van der Waals surface area contributed by atoms with E-state index in [-0.39, 0.29) is 40.3 Å². The average molecular weight is 610 g/mol. The molecule has 0 radical (unpaired) electrons. The number of rotatable bonds is 6. The van der Waals surface area contributed by atoms with E-state index in [0.29, 0.717) is 34.4 Å². The maximum atomic E-state index is 16.0. The molecule has 7 rings (SSSR count). The van der Waals surface area contributed by atoms with Crippen LogP contribution < -0.4 is 15.0 Å². The summed E-state index contributed by atoms with van der Waals surface area (Å²) >= 11 is 12.6. The van der Waals surface area contributed by atoms with Crippen LogP contribution in [0.4, 0.5) is 15.8 Å². The largest absolute Gasteiger partial charge is 0.495 e. The van der Waals surface area contributed by atoms with Gasteiger partial charge in [0.1, 0.15) is 17.1 Å². The Labute approximate surface area is 251 Å². The summed E-state index contributed by atoms with van der Waals surface area (Å²) < 4.78 is 21.5. The highest BCUT2D eigenvalue weighted by atomic mass is 35.5. The molecule has 3 aromatic carbocycles. The van der Waals surface area contributed by atoms with Crippen LogP contribution in [0.2, 0.25) is 10.0 Å². The van der Waals surface area contributed by atoms with E-state index in [1.165, 1.54) is 25.3 Å². The molecule has 4 aliphatic rings. The zero-order valence-electron chi connectivity index (χ0n) is 22.4. The molecule has 1 spiro atoms. The number of carboxylic acids is 1. The molecule has 4 atom stereocenters. The van der Waals surface area contributed by atoms with Crippen LogP contribution >= 0.6 is 23.2 Å². The van der Waals surface area contributed by atoms with Crippen LogP contribution in [0, 0.1) is 17.7 Å². The standard InChI is InChI=1S/C31H26Cl2FN3O5/c1-42-24-11-16(29(39)40)7-10-22(24)36-14-23-25(28(36)38)26(18-3-2-4-20(33)27(18)34)31(37(23)13-15-5-6-15)19-9-8-17(32)12-21(19)35-30(31)41/h2-4,7-12,15,23,25-26H,5-6,13-14H2,1H3,(H,35,41)(H,39,40)/t23-,25+,26-,31+/m0/s1. The van der Waals surface area contributed by atoms with E-state index in [2.05, 4.69) is 10.2 Å². The van der Waals surface area contributed by atoms with Crippen molar-refractivity contribution in [1.29, 1.82) is 0 Å². The Kier molecular flexibility index (Phi) is 6.27. The van der Waals surface area contributed by atoms with Gasteiger partial charge in [-0.1, -0.05) is 41.4 Å². The first-order valence-corrected chi connectivity index (χ1v) is 14.5. The highest BCUT2D eigenvalue weighted by Crippen LogP contribution is 2.62. The fourth-order valence-corrected chi connectivity index (χ4v) is 7.62. The van der Waals surface area contributed by atoms with Crippen LogP contribution in [0.5, 0.6) is 5.75 Å². The number of hydrogen-bond donors (Lipinski definition) is 2. The van der Waals surface area contributed by atoms with Gasteiger partial charge in [0.05, 0.1) is 29.3 Å². The molecular formula is C31H26Cl2FN3O5. The summed E-state index contributed by atoms with van der Waals surface area (Å²) in [7, 11) is 1.41. The molecule has 0 unspecified atom stereocenters.